The lowest BCUT2D eigenvalue weighted by molar-refractivity contribution is -0.117. The fraction of sp³-hybridized carbons (Fsp3) is 0.333. The molecule has 0 aliphatic carbocycles. The summed E-state index contributed by atoms with van der Waals surface area (Å²) in [6, 6.07) is 9.84. The Bertz CT molecular complexity index is 792. The van der Waals surface area contributed by atoms with Gasteiger partial charge in [0, 0.05) is 35.3 Å². The standard InChI is InChI=1S/C18H19N3O2/c1-12-16(15-6-2-3-7-17(15)21-12)9-13(10-19)18(22)20-11-14-5-4-8-23-14/h2-3,6-7,9,14,21H,4-5,8,11H2,1H3,(H,20,22)/b13-9-/t14-/m0/s1. The number of amides is 1. The highest BCUT2D eigenvalue weighted by Gasteiger charge is 2.18. The van der Waals surface area contributed by atoms with Crippen LogP contribution in [-0.4, -0.2) is 30.1 Å². The second-order valence-corrected chi connectivity index (χ2v) is 5.72. The van der Waals surface area contributed by atoms with Gasteiger partial charge in [0.15, 0.2) is 0 Å². The molecular weight excluding hydrogens is 290 g/mol. The van der Waals surface area contributed by atoms with E-state index < -0.39 is 0 Å². The molecular formula is C18H19N3O2. The molecule has 1 saturated heterocycles. The van der Waals surface area contributed by atoms with Crippen LogP contribution >= 0.6 is 0 Å². The summed E-state index contributed by atoms with van der Waals surface area (Å²) in [4.78, 5) is 15.5. The number of carbonyl (C=O) groups is 1. The number of H-pyrrole nitrogens is 1. The first-order chi connectivity index (χ1) is 11.2. The van der Waals surface area contributed by atoms with Crippen molar-refractivity contribution in [2.75, 3.05) is 13.2 Å². The number of ether oxygens (including phenoxy) is 1. The van der Waals surface area contributed by atoms with Crippen LogP contribution in [0.2, 0.25) is 0 Å². The van der Waals surface area contributed by atoms with E-state index in [1.165, 1.54) is 0 Å². The van der Waals surface area contributed by atoms with Crippen LogP contribution in [0.4, 0.5) is 0 Å². The molecule has 0 unspecified atom stereocenters. The molecule has 118 valence electrons. The molecule has 2 heterocycles. The van der Waals surface area contributed by atoms with Crippen LogP contribution in [0.5, 0.6) is 0 Å². The van der Waals surface area contributed by atoms with Crippen molar-refractivity contribution in [3.63, 3.8) is 0 Å². The minimum Gasteiger partial charge on any atom is -0.376 e. The lowest BCUT2D eigenvalue weighted by atomic mass is 10.1. The number of aromatic nitrogens is 1. The van der Waals surface area contributed by atoms with Gasteiger partial charge in [-0.2, -0.15) is 5.26 Å². The Morgan fingerprint density at radius 3 is 3.09 bits per heavy atom. The summed E-state index contributed by atoms with van der Waals surface area (Å²) in [6.45, 7) is 3.13. The summed E-state index contributed by atoms with van der Waals surface area (Å²) in [7, 11) is 0. The molecule has 1 fully saturated rings. The molecule has 1 aromatic heterocycles. The van der Waals surface area contributed by atoms with Gasteiger partial charge in [-0.05, 0) is 31.9 Å². The van der Waals surface area contributed by atoms with Gasteiger partial charge < -0.3 is 15.0 Å². The number of hydrogen-bond donors (Lipinski definition) is 2. The van der Waals surface area contributed by atoms with E-state index in [0.29, 0.717) is 6.54 Å². The van der Waals surface area contributed by atoms with Gasteiger partial charge in [-0.3, -0.25) is 4.79 Å². The molecule has 2 aromatic rings. The van der Waals surface area contributed by atoms with Crippen molar-refractivity contribution in [2.45, 2.75) is 25.9 Å². The summed E-state index contributed by atoms with van der Waals surface area (Å²) in [6.07, 6.45) is 3.69. The van der Waals surface area contributed by atoms with E-state index in [0.717, 1.165) is 41.6 Å². The number of carbonyl (C=O) groups excluding carboxylic acids is 1. The number of hydrogen-bond acceptors (Lipinski definition) is 3. The van der Waals surface area contributed by atoms with Crippen molar-refractivity contribution in [1.82, 2.24) is 10.3 Å². The number of nitriles is 1. The highest BCUT2D eigenvalue weighted by atomic mass is 16.5. The lowest BCUT2D eigenvalue weighted by Gasteiger charge is -2.10. The minimum absolute atomic E-state index is 0.0636. The summed E-state index contributed by atoms with van der Waals surface area (Å²) in [5, 5.41) is 13.1. The predicted octanol–water partition coefficient (Wildman–Crippen LogP) is 2.68. The first-order valence-corrected chi connectivity index (χ1v) is 7.78. The third-order valence-corrected chi connectivity index (χ3v) is 4.11. The molecule has 3 rings (SSSR count). The summed E-state index contributed by atoms with van der Waals surface area (Å²) in [5.41, 5.74) is 2.92. The number of aryl methyl sites for hydroxylation is 1. The quantitative estimate of drug-likeness (QED) is 0.673. The average Bonchev–Trinajstić information content (AvgIpc) is 3.18. The van der Waals surface area contributed by atoms with Gasteiger partial charge >= 0.3 is 0 Å². The number of nitrogens with one attached hydrogen (secondary N) is 2. The van der Waals surface area contributed by atoms with E-state index in [9.17, 15) is 10.1 Å². The maximum Gasteiger partial charge on any atom is 0.262 e. The normalized spacial score (nSPS) is 18.1. The summed E-state index contributed by atoms with van der Waals surface area (Å²) >= 11 is 0. The molecule has 1 aliphatic rings. The van der Waals surface area contributed by atoms with E-state index in [4.69, 9.17) is 4.74 Å². The number of aromatic amines is 1. The molecule has 0 radical (unpaired) electrons. The average molecular weight is 309 g/mol. The zero-order chi connectivity index (χ0) is 16.2. The maximum atomic E-state index is 12.2. The van der Waals surface area contributed by atoms with Crippen molar-refractivity contribution < 1.29 is 9.53 Å². The molecule has 1 aliphatic heterocycles. The summed E-state index contributed by atoms with van der Waals surface area (Å²) < 4.78 is 5.48. The third-order valence-electron chi connectivity index (χ3n) is 4.11. The first kappa shape index (κ1) is 15.3. The highest BCUT2D eigenvalue weighted by molar-refractivity contribution is 6.04. The largest absolute Gasteiger partial charge is 0.376 e. The Labute approximate surface area is 134 Å². The zero-order valence-electron chi connectivity index (χ0n) is 13.1. The van der Waals surface area contributed by atoms with Gasteiger partial charge in [0.25, 0.3) is 5.91 Å². The van der Waals surface area contributed by atoms with Crippen LogP contribution in [0, 0.1) is 18.3 Å². The molecule has 1 atom stereocenters. The Morgan fingerprint density at radius 2 is 2.35 bits per heavy atom. The fourth-order valence-corrected chi connectivity index (χ4v) is 2.88. The fourth-order valence-electron chi connectivity index (χ4n) is 2.88. The maximum absolute atomic E-state index is 12.2. The van der Waals surface area contributed by atoms with E-state index in [1.807, 2.05) is 37.3 Å². The van der Waals surface area contributed by atoms with Gasteiger partial charge in [0.2, 0.25) is 0 Å². The Kier molecular flexibility index (Phi) is 4.45. The van der Waals surface area contributed by atoms with Gasteiger partial charge in [0.05, 0.1) is 6.10 Å². The van der Waals surface area contributed by atoms with E-state index in [-0.39, 0.29) is 17.6 Å². The van der Waals surface area contributed by atoms with Crippen LogP contribution in [0.3, 0.4) is 0 Å². The summed E-state index contributed by atoms with van der Waals surface area (Å²) in [5.74, 6) is -0.354. The van der Waals surface area contributed by atoms with Crippen LogP contribution in [-0.2, 0) is 9.53 Å². The van der Waals surface area contributed by atoms with Gasteiger partial charge in [-0.1, -0.05) is 18.2 Å². The third kappa shape index (κ3) is 3.27. The molecule has 1 amide bonds. The number of nitrogens with zero attached hydrogens (tertiary/aromatic N) is 1. The highest BCUT2D eigenvalue weighted by Crippen LogP contribution is 2.24. The zero-order valence-corrected chi connectivity index (χ0v) is 13.1. The van der Waals surface area contributed by atoms with Crippen LogP contribution in [0.25, 0.3) is 17.0 Å². The Morgan fingerprint density at radius 1 is 1.52 bits per heavy atom. The molecule has 1 aromatic carbocycles. The van der Waals surface area contributed by atoms with E-state index >= 15 is 0 Å². The van der Waals surface area contributed by atoms with E-state index in [2.05, 4.69) is 10.3 Å². The topological polar surface area (TPSA) is 77.9 Å². The first-order valence-electron chi connectivity index (χ1n) is 7.78. The lowest BCUT2D eigenvalue weighted by Crippen LogP contribution is -2.32. The SMILES string of the molecule is Cc1[nH]c2ccccc2c1/C=C(/C#N)C(=O)NC[C@@H]1CCCO1. The van der Waals surface area contributed by atoms with Crippen molar-refractivity contribution in [3.05, 3.63) is 41.1 Å². The van der Waals surface area contributed by atoms with Gasteiger partial charge in [0.1, 0.15) is 11.6 Å². The van der Waals surface area contributed by atoms with Gasteiger partial charge in [-0.25, -0.2) is 0 Å². The second kappa shape index (κ2) is 6.67. The second-order valence-electron chi connectivity index (χ2n) is 5.72. The molecule has 2 N–H and O–H groups in total. The minimum atomic E-state index is -0.354. The number of fused-ring (bicyclic) bond motifs is 1. The Hall–Kier alpha value is -2.58. The molecule has 5 nitrogen and oxygen atoms in total. The molecule has 0 spiro atoms. The molecule has 0 saturated carbocycles. The van der Waals surface area contributed by atoms with E-state index in [1.54, 1.807) is 6.08 Å². The Balaban J connectivity index is 1.81. The van der Waals surface area contributed by atoms with Crippen molar-refractivity contribution in [1.29, 1.82) is 5.26 Å². The van der Waals surface area contributed by atoms with Crippen LogP contribution < -0.4 is 5.32 Å². The van der Waals surface area contributed by atoms with Crippen LogP contribution in [0.15, 0.2) is 29.8 Å². The number of benzene rings is 1. The van der Waals surface area contributed by atoms with Crippen LogP contribution in [0.1, 0.15) is 24.1 Å². The predicted molar refractivity (Wildman–Crippen MR) is 88.6 cm³/mol. The van der Waals surface area contributed by atoms with Crippen molar-refractivity contribution in [3.8, 4) is 6.07 Å². The monoisotopic (exact) mass is 309 g/mol. The van der Waals surface area contributed by atoms with Crippen molar-refractivity contribution >= 4 is 22.9 Å². The number of rotatable bonds is 4. The molecule has 0 bridgehead atoms. The van der Waals surface area contributed by atoms with Gasteiger partial charge in [-0.15, -0.1) is 0 Å². The smallest absolute Gasteiger partial charge is 0.262 e. The molecule has 5 heteroatoms. The number of para-hydroxylation sites is 1. The van der Waals surface area contributed by atoms with Crippen molar-refractivity contribution in [2.24, 2.45) is 0 Å². The molecule has 23 heavy (non-hydrogen) atoms.